The first-order valence-corrected chi connectivity index (χ1v) is 6.34. The summed E-state index contributed by atoms with van der Waals surface area (Å²) in [5.74, 6) is 0.646. The maximum atomic E-state index is 13.8. The summed E-state index contributed by atoms with van der Waals surface area (Å²) >= 11 is 0. The van der Waals surface area contributed by atoms with Crippen LogP contribution in [0.2, 0.25) is 0 Å². The van der Waals surface area contributed by atoms with E-state index in [2.05, 4.69) is 0 Å². The fourth-order valence-corrected chi connectivity index (χ4v) is 1.88. The van der Waals surface area contributed by atoms with Gasteiger partial charge in [-0.2, -0.15) is 0 Å². The van der Waals surface area contributed by atoms with Crippen LogP contribution in [0.4, 0.5) is 4.39 Å². The predicted octanol–water partition coefficient (Wildman–Crippen LogP) is 3.47. The van der Waals surface area contributed by atoms with Gasteiger partial charge in [0.25, 0.3) is 0 Å². The van der Waals surface area contributed by atoms with Crippen LogP contribution in [0.25, 0.3) is 0 Å². The number of benzene rings is 2. The first kappa shape index (κ1) is 14.3. The van der Waals surface area contributed by atoms with Crippen molar-refractivity contribution >= 4 is 0 Å². The highest BCUT2D eigenvalue weighted by molar-refractivity contribution is 5.35. The van der Waals surface area contributed by atoms with Crippen molar-refractivity contribution in [2.75, 3.05) is 7.11 Å². The van der Waals surface area contributed by atoms with Gasteiger partial charge in [-0.15, -0.1) is 0 Å². The minimum atomic E-state index is -0.632. The Bertz CT molecular complexity index is 582. The van der Waals surface area contributed by atoms with Gasteiger partial charge in [-0.25, -0.2) is 4.39 Å². The Labute approximate surface area is 117 Å². The number of rotatable bonds is 5. The lowest BCUT2D eigenvalue weighted by molar-refractivity contribution is 0.190. The molecule has 2 aromatic carbocycles. The molecule has 0 spiro atoms. The fraction of sp³-hybridized carbons (Fsp3) is 0.250. The molecule has 106 valence electrons. The molecule has 0 radical (unpaired) electrons. The summed E-state index contributed by atoms with van der Waals surface area (Å²) in [6.45, 7) is 1.76. The van der Waals surface area contributed by atoms with Crippen molar-refractivity contribution in [1.82, 2.24) is 0 Å². The summed E-state index contributed by atoms with van der Waals surface area (Å²) in [4.78, 5) is 0. The molecule has 0 bridgehead atoms. The van der Waals surface area contributed by atoms with Crippen LogP contribution in [0.15, 0.2) is 42.5 Å². The van der Waals surface area contributed by atoms with E-state index < -0.39 is 6.10 Å². The van der Waals surface area contributed by atoms with Gasteiger partial charge in [0.2, 0.25) is 0 Å². The summed E-state index contributed by atoms with van der Waals surface area (Å²) < 4.78 is 24.3. The van der Waals surface area contributed by atoms with Crippen molar-refractivity contribution in [2.45, 2.75) is 19.6 Å². The second-order valence-electron chi connectivity index (χ2n) is 4.46. The number of hydrogen-bond acceptors (Lipinski definition) is 3. The molecule has 0 heterocycles. The van der Waals surface area contributed by atoms with Gasteiger partial charge < -0.3 is 14.6 Å². The maximum Gasteiger partial charge on any atom is 0.133 e. The standard InChI is InChI=1S/C16H17FO3/c1-11(18)14-5-3-4-6-16(14)20-10-12-7-8-13(19-2)9-15(12)17/h3-9,11,18H,10H2,1-2H3/t11-/m0/s1. The molecule has 0 aliphatic carbocycles. The second kappa shape index (κ2) is 6.39. The number of para-hydroxylation sites is 1. The van der Waals surface area contributed by atoms with Gasteiger partial charge in [0.05, 0.1) is 13.2 Å². The molecule has 2 rings (SSSR count). The maximum absolute atomic E-state index is 13.8. The number of aliphatic hydroxyl groups is 1. The van der Waals surface area contributed by atoms with E-state index in [1.54, 1.807) is 31.2 Å². The van der Waals surface area contributed by atoms with Gasteiger partial charge in [0.1, 0.15) is 23.9 Å². The van der Waals surface area contributed by atoms with E-state index in [0.29, 0.717) is 22.6 Å². The van der Waals surface area contributed by atoms with Crippen LogP contribution in [0.1, 0.15) is 24.2 Å². The third kappa shape index (κ3) is 3.27. The van der Waals surface area contributed by atoms with E-state index in [9.17, 15) is 9.50 Å². The number of methoxy groups -OCH3 is 1. The molecule has 1 atom stereocenters. The molecule has 0 fully saturated rings. The highest BCUT2D eigenvalue weighted by atomic mass is 19.1. The Morgan fingerprint density at radius 3 is 2.60 bits per heavy atom. The highest BCUT2D eigenvalue weighted by Crippen LogP contribution is 2.26. The minimum absolute atomic E-state index is 0.0968. The topological polar surface area (TPSA) is 38.7 Å². The van der Waals surface area contributed by atoms with Crippen LogP contribution in [-0.2, 0) is 6.61 Å². The van der Waals surface area contributed by atoms with Gasteiger partial charge in [-0.1, -0.05) is 18.2 Å². The van der Waals surface area contributed by atoms with Gasteiger partial charge >= 0.3 is 0 Å². The van der Waals surface area contributed by atoms with Crippen molar-refractivity contribution in [3.63, 3.8) is 0 Å². The van der Waals surface area contributed by atoms with E-state index in [4.69, 9.17) is 9.47 Å². The third-order valence-electron chi connectivity index (χ3n) is 3.01. The molecule has 2 aromatic rings. The first-order valence-electron chi connectivity index (χ1n) is 6.34. The SMILES string of the molecule is COc1ccc(COc2ccccc2[C@H](C)O)c(F)c1. The molecular weight excluding hydrogens is 259 g/mol. The lowest BCUT2D eigenvalue weighted by Crippen LogP contribution is -2.02. The first-order chi connectivity index (χ1) is 9.61. The third-order valence-corrected chi connectivity index (χ3v) is 3.01. The van der Waals surface area contributed by atoms with Crippen LogP contribution in [0.5, 0.6) is 11.5 Å². The smallest absolute Gasteiger partial charge is 0.133 e. The zero-order valence-electron chi connectivity index (χ0n) is 11.5. The number of halogens is 1. The lowest BCUT2D eigenvalue weighted by atomic mass is 10.1. The van der Waals surface area contributed by atoms with Crippen LogP contribution in [-0.4, -0.2) is 12.2 Å². The normalized spacial score (nSPS) is 12.0. The van der Waals surface area contributed by atoms with Gasteiger partial charge in [0.15, 0.2) is 0 Å². The van der Waals surface area contributed by atoms with E-state index in [0.717, 1.165) is 0 Å². The van der Waals surface area contributed by atoms with Crippen molar-refractivity contribution in [3.05, 3.63) is 59.4 Å². The van der Waals surface area contributed by atoms with Gasteiger partial charge in [0, 0.05) is 17.2 Å². The zero-order valence-corrected chi connectivity index (χ0v) is 11.5. The summed E-state index contributed by atoms with van der Waals surface area (Å²) in [6.07, 6.45) is -0.632. The minimum Gasteiger partial charge on any atom is -0.497 e. The molecule has 3 nitrogen and oxygen atoms in total. The van der Waals surface area contributed by atoms with Crippen molar-refractivity contribution < 1.29 is 19.0 Å². The van der Waals surface area contributed by atoms with E-state index in [1.165, 1.54) is 13.2 Å². The highest BCUT2D eigenvalue weighted by Gasteiger charge is 2.10. The van der Waals surface area contributed by atoms with Gasteiger partial charge in [-0.3, -0.25) is 0 Å². The van der Waals surface area contributed by atoms with Gasteiger partial charge in [-0.05, 0) is 25.1 Å². The largest absolute Gasteiger partial charge is 0.497 e. The second-order valence-corrected chi connectivity index (χ2v) is 4.46. The Morgan fingerprint density at radius 1 is 1.20 bits per heavy atom. The Kier molecular flexibility index (Phi) is 4.58. The Hall–Kier alpha value is -2.07. The average molecular weight is 276 g/mol. The van der Waals surface area contributed by atoms with E-state index in [-0.39, 0.29) is 12.4 Å². The summed E-state index contributed by atoms with van der Waals surface area (Å²) in [7, 11) is 1.49. The summed E-state index contributed by atoms with van der Waals surface area (Å²) in [5.41, 5.74) is 1.12. The van der Waals surface area contributed by atoms with E-state index >= 15 is 0 Å². The predicted molar refractivity (Wildman–Crippen MR) is 74.4 cm³/mol. The summed E-state index contributed by atoms with van der Waals surface area (Å²) in [6, 6.07) is 11.8. The summed E-state index contributed by atoms with van der Waals surface area (Å²) in [5, 5.41) is 9.65. The van der Waals surface area contributed by atoms with Crippen molar-refractivity contribution in [1.29, 1.82) is 0 Å². The average Bonchev–Trinajstić information content (AvgIpc) is 2.46. The lowest BCUT2D eigenvalue weighted by Gasteiger charge is -2.13. The molecule has 4 heteroatoms. The number of ether oxygens (including phenoxy) is 2. The molecule has 1 N–H and O–H groups in total. The molecule has 0 saturated carbocycles. The quantitative estimate of drug-likeness (QED) is 0.908. The van der Waals surface area contributed by atoms with Crippen LogP contribution >= 0.6 is 0 Å². The molecule has 0 aromatic heterocycles. The van der Waals surface area contributed by atoms with E-state index in [1.807, 2.05) is 12.1 Å². The molecular formula is C16H17FO3. The number of hydrogen-bond donors (Lipinski definition) is 1. The molecule has 0 aliphatic rings. The molecule has 0 unspecified atom stereocenters. The van der Waals surface area contributed by atoms with Crippen LogP contribution in [0.3, 0.4) is 0 Å². The molecule has 0 amide bonds. The van der Waals surface area contributed by atoms with Crippen LogP contribution < -0.4 is 9.47 Å². The van der Waals surface area contributed by atoms with Crippen molar-refractivity contribution in [2.24, 2.45) is 0 Å². The van der Waals surface area contributed by atoms with Crippen molar-refractivity contribution in [3.8, 4) is 11.5 Å². The molecule has 0 aliphatic heterocycles. The monoisotopic (exact) mass is 276 g/mol. The van der Waals surface area contributed by atoms with Crippen LogP contribution in [0, 0.1) is 5.82 Å². The Balaban J connectivity index is 2.13. The number of aliphatic hydroxyl groups excluding tert-OH is 1. The Morgan fingerprint density at radius 2 is 1.95 bits per heavy atom. The zero-order chi connectivity index (χ0) is 14.5. The fourth-order valence-electron chi connectivity index (χ4n) is 1.88. The molecule has 0 saturated heterocycles. The molecule has 20 heavy (non-hydrogen) atoms.